The van der Waals surface area contributed by atoms with Gasteiger partial charge in [0.2, 0.25) is 11.8 Å². The monoisotopic (exact) mass is 185 g/mol. The van der Waals surface area contributed by atoms with Gasteiger partial charge in [-0.25, -0.2) is 0 Å². The van der Waals surface area contributed by atoms with Crippen LogP contribution in [-0.2, 0) is 9.59 Å². The van der Waals surface area contributed by atoms with Crippen molar-refractivity contribution in [1.82, 2.24) is 4.57 Å². The van der Waals surface area contributed by atoms with Gasteiger partial charge in [-0.3, -0.25) is 9.59 Å². The first kappa shape index (κ1) is 9.44. The van der Waals surface area contributed by atoms with Crippen molar-refractivity contribution in [2.45, 2.75) is 38.9 Å². The average Bonchev–Trinajstić information content (AvgIpc) is 1.82. The molecule has 0 radical (unpaired) electrons. The maximum Gasteiger partial charge on any atom is 0.221 e. The summed E-state index contributed by atoms with van der Waals surface area (Å²) < 4.78 is 1.52. The van der Waals surface area contributed by atoms with E-state index in [2.05, 4.69) is 0 Å². The minimum Gasteiger partial charge on any atom is -0.312 e. The predicted octanol–water partition coefficient (Wildman–Crippen LogP) is 1.36. The molecule has 12 heavy (non-hydrogen) atoms. The second-order valence-electron chi connectivity index (χ2n) is 4.15. The van der Waals surface area contributed by atoms with Crippen LogP contribution in [0.1, 0.15) is 19.3 Å². The quantitative estimate of drug-likeness (QED) is 0.457. The van der Waals surface area contributed by atoms with Crippen molar-refractivity contribution in [3.63, 3.8) is 0 Å². The molecule has 1 rings (SSSR count). The summed E-state index contributed by atoms with van der Waals surface area (Å²) in [6.07, 6.45) is 1.84. The average molecular weight is 185 g/mol. The second-order valence-corrected chi connectivity index (χ2v) is 8.94. The lowest BCUT2D eigenvalue weighted by molar-refractivity contribution is -0.142. The van der Waals surface area contributed by atoms with Crippen LogP contribution in [0.2, 0.25) is 19.6 Å². The molecule has 0 aromatic heterocycles. The highest BCUT2D eigenvalue weighted by atomic mass is 28.3. The summed E-state index contributed by atoms with van der Waals surface area (Å²) in [5.41, 5.74) is 0. The van der Waals surface area contributed by atoms with E-state index < -0.39 is 8.24 Å². The maximum absolute atomic E-state index is 11.4. The molecule has 0 unspecified atom stereocenters. The van der Waals surface area contributed by atoms with Crippen LogP contribution in [0, 0.1) is 0 Å². The Balaban J connectivity index is 2.84. The predicted molar refractivity (Wildman–Crippen MR) is 49.1 cm³/mol. The highest BCUT2D eigenvalue weighted by Crippen LogP contribution is 2.19. The van der Waals surface area contributed by atoms with Crippen LogP contribution in [-0.4, -0.2) is 24.6 Å². The molecule has 1 aliphatic heterocycles. The van der Waals surface area contributed by atoms with E-state index in [9.17, 15) is 9.59 Å². The molecule has 0 aliphatic carbocycles. The molecule has 68 valence electrons. The van der Waals surface area contributed by atoms with Crippen molar-refractivity contribution in [3.8, 4) is 0 Å². The fourth-order valence-electron chi connectivity index (χ4n) is 1.50. The Morgan fingerprint density at radius 2 is 1.50 bits per heavy atom. The van der Waals surface area contributed by atoms with E-state index in [1.165, 1.54) is 4.57 Å². The number of rotatable bonds is 1. The normalized spacial score (nSPS) is 20.1. The third-order valence-electron chi connectivity index (χ3n) is 1.95. The first-order chi connectivity index (χ1) is 5.43. The van der Waals surface area contributed by atoms with Gasteiger partial charge >= 0.3 is 0 Å². The lowest BCUT2D eigenvalue weighted by atomic mass is 10.1. The molecule has 1 fully saturated rings. The van der Waals surface area contributed by atoms with E-state index in [-0.39, 0.29) is 11.8 Å². The summed E-state index contributed by atoms with van der Waals surface area (Å²) in [5.74, 6) is 0.0656. The molecule has 0 aromatic carbocycles. The minimum atomic E-state index is -1.75. The van der Waals surface area contributed by atoms with Gasteiger partial charge in [0, 0.05) is 12.8 Å². The smallest absolute Gasteiger partial charge is 0.221 e. The fraction of sp³-hybridized carbons (Fsp3) is 0.750. The topological polar surface area (TPSA) is 37.4 Å². The van der Waals surface area contributed by atoms with Crippen molar-refractivity contribution >= 4 is 20.0 Å². The number of amides is 2. The number of carbonyl (C=O) groups excluding carboxylic acids is 2. The Hall–Kier alpha value is -0.643. The van der Waals surface area contributed by atoms with Gasteiger partial charge < -0.3 is 4.57 Å². The van der Waals surface area contributed by atoms with Crippen molar-refractivity contribution in [3.05, 3.63) is 0 Å². The zero-order valence-electron chi connectivity index (χ0n) is 7.89. The molecular weight excluding hydrogens is 170 g/mol. The molecule has 0 N–H and O–H groups in total. The number of hydrogen-bond donors (Lipinski definition) is 0. The van der Waals surface area contributed by atoms with Crippen molar-refractivity contribution < 1.29 is 9.59 Å². The van der Waals surface area contributed by atoms with Gasteiger partial charge in [0.15, 0.2) is 8.24 Å². The van der Waals surface area contributed by atoms with E-state index in [0.29, 0.717) is 12.8 Å². The van der Waals surface area contributed by atoms with E-state index in [1.54, 1.807) is 0 Å². The van der Waals surface area contributed by atoms with Crippen molar-refractivity contribution in [2.24, 2.45) is 0 Å². The highest BCUT2D eigenvalue weighted by molar-refractivity contribution is 6.77. The van der Waals surface area contributed by atoms with Crippen LogP contribution < -0.4 is 0 Å². The van der Waals surface area contributed by atoms with Gasteiger partial charge in [-0.1, -0.05) is 19.6 Å². The molecule has 1 aliphatic rings. The van der Waals surface area contributed by atoms with Crippen LogP contribution in [0.5, 0.6) is 0 Å². The van der Waals surface area contributed by atoms with Gasteiger partial charge in [-0.2, -0.15) is 0 Å². The number of nitrogens with zero attached hydrogens (tertiary/aromatic N) is 1. The van der Waals surface area contributed by atoms with E-state index in [0.717, 1.165) is 6.42 Å². The SMILES string of the molecule is C[Si](C)(C)N1C(=O)CCCC1=O. The standard InChI is InChI=1S/C8H15NO2Si/c1-12(2,3)9-7(10)5-4-6-8(9)11/h4-6H2,1-3H3. The summed E-state index contributed by atoms with van der Waals surface area (Å²) in [5, 5.41) is 0. The van der Waals surface area contributed by atoms with E-state index in [1.807, 2.05) is 19.6 Å². The third kappa shape index (κ3) is 1.74. The summed E-state index contributed by atoms with van der Waals surface area (Å²) in [7, 11) is -1.75. The largest absolute Gasteiger partial charge is 0.312 e. The molecule has 1 saturated heterocycles. The highest BCUT2D eigenvalue weighted by Gasteiger charge is 2.35. The third-order valence-corrected chi connectivity index (χ3v) is 3.79. The lowest BCUT2D eigenvalue weighted by Gasteiger charge is -2.35. The van der Waals surface area contributed by atoms with Crippen molar-refractivity contribution in [2.75, 3.05) is 0 Å². The van der Waals surface area contributed by atoms with Gasteiger partial charge in [0.05, 0.1) is 0 Å². The van der Waals surface area contributed by atoms with Crippen LogP contribution >= 0.6 is 0 Å². The first-order valence-corrected chi connectivity index (χ1v) is 7.73. The number of imide groups is 1. The van der Waals surface area contributed by atoms with Crippen LogP contribution in [0.4, 0.5) is 0 Å². The summed E-state index contributed by atoms with van der Waals surface area (Å²) in [4.78, 5) is 22.8. The number of piperidine rings is 1. The van der Waals surface area contributed by atoms with E-state index >= 15 is 0 Å². The fourth-order valence-corrected chi connectivity index (χ4v) is 3.22. The molecule has 2 amide bonds. The maximum atomic E-state index is 11.4. The Morgan fingerprint density at radius 1 is 1.08 bits per heavy atom. The Morgan fingerprint density at radius 3 is 1.75 bits per heavy atom. The Bertz CT molecular complexity index is 204. The molecular formula is C8H15NO2Si. The molecule has 3 nitrogen and oxygen atoms in total. The molecule has 0 aromatic rings. The van der Waals surface area contributed by atoms with Crippen LogP contribution in [0.25, 0.3) is 0 Å². The van der Waals surface area contributed by atoms with Gasteiger partial charge in [0.25, 0.3) is 0 Å². The summed E-state index contributed by atoms with van der Waals surface area (Å²) in [6, 6.07) is 0. The van der Waals surface area contributed by atoms with Crippen LogP contribution in [0.3, 0.4) is 0 Å². The zero-order chi connectivity index (χ0) is 9.35. The molecule has 0 spiro atoms. The number of hydrogen-bond acceptors (Lipinski definition) is 2. The Labute approximate surface area is 73.8 Å². The summed E-state index contributed by atoms with van der Waals surface area (Å²) in [6.45, 7) is 6.07. The second kappa shape index (κ2) is 3.01. The van der Waals surface area contributed by atoms with Gasteiger partial charge in [-0.05, 0) is 6.42 Å². The molecule has 4 heteroatoms. The molecule has 0 bridgehead atoms. The summed E-state index contributed by atoms with van der Waals surface area (Å²) >= 11 is 0. The number of carbonyl (C=O) groups is 2. The van der Waals surface area contributed by atoms with E-state index in [4.69, 9.17) is 0 Å². The Kier molecular flexibility index (Phi) is 2.37. The van der Waals surface area contributed by atoms with Crippen molar-refractivity contribution in [1.29, 1.82) is 0 Å². The van der Waals surface area contributed by atoms with Gasteiger partial charge in [-0.15, -0.1) is 0 Å². The molecule has 0 saturated carbocycles. The van der Waals surface area contributed by atoms with Gasteiger partial charge in [0.1, 0.15) is 0 Å². The lowest BCUT2D eigenvalue weighted by Crippen LogP contribution is -2.54. The first-order valence-electron chi connectivity index (χ1n) is 4.29. The zero-order valence-corrected chi connectivity index (χ0v) is 8.89. The minimum absolute atomic E-state index is 0.0328. The molecule has 0 atom stereocenters. The van der Waals surface area contributed by atoms with Crippen LogP contribution in [0.15, 0.2) is 0 Å². The molecule has 1 heterocycles.